The molecule has 2 atom stereocenters. The third kappa shape index (κ3) is 6.26. The van der Waals surface area contributed by atoms with Crippen LogP contribution < -0.4 is 10.5 Å². The van der Waals surface area contributed by atoms with Gasteiger partial charge in [0, 0.05) is 21.6 Å². The number of unbranched alkanes of at least 4 members (excludes halogenated alkanes) is 1. The number of nitrogens with two attached hydrogens (primary N) is 1. The van der Waals surface area contributed by atoms with Gasteiger partial charge in [-0.3, -0.25) is 8.93 Å². The van der Waals surface area contributed by atoms with Gasteiger partial charge in [-0.2, -0.15) is 0 Å². The molecule has 0 radical (unpaired) electrons. The monoisotopic (exact) mass is 430 g/mol. The third-order valence-corrected chi connectivity index (χ3v) is 10.4. The topological polar surface area (TPSA) is 55.1 Å². The van der Waals surface area contributed by atoms with Crippen LogP contribution in [0.4, 0.5) is 0 Å². The minimum Gasteiger partial charge on any atom is -0.324 e. The van der Waals surface area contributed by atoms with E-state index >= 15 is 0 Å². The molecule has 0 saturated carbocycles. The lowest BCUT2D eigenvalue weighted by atomic mass is 9.98. The maximum atomic E-state index is 14.2. The van der Waals surface area contributed by atoms with E-state index in [2.05, 4.69) is 82.7 Å². The summed E-state index contributed by atoms with van der Waals surface area (Å²) in [6.45, 7) is 12.5. The molecule has 0 bridgehead atoms. The highest BCUT2D eigenvalue weighted by Crippen LogP contribution is 2.37. The van der Waals surface area contributed by atoms with Gasteiger partial charge < -0.3 is 5.73 Å². The van der Waals surface area contributed by atoms with Gasteiger partial charge in [0.25, 0.3) is 0 Å². The molecule has 3 N–H and O–H groups in total. The van der Waals surface area contributed by atoms with E-state index in [1.165, 1.54) is 11.1 Å². The first kappa shape index (κ1) is 24.8. The fraction of sp³-hybridized carbons (Fsp3) is 0.538. The van der Waals surface area contributed by atoms with Gasteiger partial charge in [0.05, 0.1) is 0 Å². The number of rotatable bonds is 9. The second-order valence-corrected chi connectivity index (χ2v) is 14.5. The Balaban J connectivity index is 2.10. The predicted octanol–water partition coefficient (Wildman–Crippen LogP) is 6.11. The average molecular weight is 431 g/mol. The van der Waals surface area contributed by atoms with Crippen LogP contribution >= 0.6 is 0 Å². The van der Waals surface area contributed by atoms with E-state index in [0.29, 0.717) is 0 Å². The van der Waals surface area contributed by atoms with Crippen molar-refractivity contribution in [1.29, 1.82) is 0 Å². The van der Waals surface area contributed by atoms with Crippen molar-refractivity contribution in [3.05, 3.63) is 71.8 Å². The van der Waals surface area contributed by atoms with Crippen molar-refractivity contribution in [3.63, 3.8) is 0 Å². The molecule has 2 rings (SSSR count). The van der Waals surface area contributed by atoms with Gasteiger partial charge in [-0.15, -0.1) is 0 Å². The van der Waals surface area contributed by atoms with Crippen LogP contribution in [0.1, 0.15) is 90.4 Å². The second-order valence-electron chi connectivity index (χ2n) is 10.3. The van der Waals surface area contributed by atoms with Crippen LogP contribution in [0.15, 0.2) is 60.7 Å². The fourth-order valence-corrected chi connectivity index (χ4v) is 7.69. The van der Waals surface area contributed by atoms with Crippen LogP contribution in [0.3, 0.4) is 0 Å². The summed E-state index contributed by atoms with van der Waals surface area (Å²) in [5.41, 5.74) is 8.78. The van der Waals surface area contributed by atoms with E-state index in [1.807, 2.05) is 24.3 Å². The summed E-state index contributed by atoms with van der Waals surface area (Å²) in [6.07, 6.45) is 4.00. The van der Waals surface area contributed by atoms with E-state index < -0.39 is 10.1 Å². The van der Waals surface area contributed by atoms with Crippen molar-refractivity contribution in [2.75, 3.05) is 0 Å². The van der Waals surface area contributed by atoms with Crippen LogP contribution in [-0.4, -0.2) is 13.7 Å². The zero-order valence-corrected chi connectivity index (χ0v) is 20.6. The molecule has 3 nitrogen and oxygen atoms in total. The number of hydrogen-bond donors (Lipinski definition) is 3. The number of nitrogens with one attached hydrogen (secondary N) is 1. The molecule has 2 aromatic carbocycles. The number of thiol groups is 1. The molecule has 0 aromatic heterocycles. The Morgan fingerprint density at radius 3 is 1.67 bits per heavy atom. The van der Waals surface area contributed by atoms with Gasteiger partial charge in [-0.25, -0.2) is 0 Å². The largest absolute Gasteiger partial charge is 0.324 e. The Hall–Kier alpha value is -1.49. The lowest BCUT2D eigenvalue weighted by Gasteiger charge is -2.48. The zero-order valence-electron chi connectivity index (χ0n) is 19.7. The summed E-state index contributed by atoms with van der Waals surface area (Å²) < 4.78 is 17.3. The van der Waals surface area contributed by atoms with E-state index in [9.17, 15) is 4.21 Å². The van der Waals surface area contributed by atoms with E-state index in [1.54, 1.807) is 0 Å². The molecule has 0 spiro atoms. The molecule has 0 aliphatic heterocycles. The minimum absolute atomic E-state index is 0.0726. The Kier molecular flexibility index (Phi) is 8.43. The van der Waals surface area contributed by atoms with Crippen molar-refractivity contribution >= 4 is 10.1 Å². The van der Waals surface area contributed by atoms with Crippen LogP contribution in [-0.2, 0) is 10.1 Å². The molecule has 0 heterocycles. The first-order chi connectivity index (χ1) is 14.0. The maximum Gasteiger partial charge on any atom is 0.0426 e. The predicted molar refractivity (Wildman–Crippen MR) is 133 cm³/mol. The molecule has 0 amide bonds. The van der Waals surface area contributed by atoms with Crippen LogP contribution in [0, 0.1) is 0 Å². The molecule has 0 aliphatic rings. The van der Waals surface area contributed by atoms with E-state index in [-0.39, 0.29) is 21.6 Å². The van der Waals surface area contributed by atoms with Gasteiger partial charge in [0.1, 0.15) is 0 Å². The summed E-state index contributed by atoms with van der Waals surface area (Å²) in [5, 5.41) is 0. The Bertz CT molecular complexity index is 788. The van der Waals surface area contributed by atoms with Gasteiger partial charge in [-0.1, -0.05) is 73.5 Å². The molecule has 0 aliphatic carbocycles. The summed E-state index contributed by atoms with van der Waals surface area (Å²) in [5.74, 6) is 0. The van der Waals surface area contributed by atoms with Crippen molar-refractivity contribution in [1.82, 2.24) is 4.72 Å². The average Bonchev–Trinajstić information content (AvgIpc) is 2.69. The van der Waals surface area contributed by atoms with Crippen LogP contribution in [0.2, 0.25) is 0 Å². The smallest absolute Gasteiger partial charge is 0.0426 e. The Morgan fingerprint density at radius 1 is 0.767 bits per heavy atom. The summed E-state index contributed by atoms with van der Waals surface area (Å²) in [7, 11) is -2.70. The standard InChI is InChI=1S/C26H42N2OS/c1-25(2,3)30(29,26(4,5)6)28-24(22-17-11-8-12-18-22)20-14-13-19-23(27)21-15-9-7-10-16-21/h7-12,15-18,23-24,30H,13-14,19-20,27H2,1-6H3,(H,28,29). The molecule has 168 valence electrons. The van der Waals surface area contributed by atoms with Gasteiger partial charge in [-0.05, 0) is 75.6 Å². The Morgan fingerprint density at radius 2 is 1.20 bits per heavy atom. The van der Waals surface area contributed by atoms with Crippen molar-refractivity contribution in [2.45, 2.75) is 88.8 Å². The molecule has 0 fully saturated rings. The highest BCUT2D eigenvalue weighted by atomic mass is 32.3. The lowest BCUT2D eigenvalue weighted by molar-refractivity contribution is 0.494. The first-order valence-corrected chi connectivity index (χ1v) is 12.9. The van der Waals surface area contributed by atoms with Crippen molar-refractivity contribution < 1.29 is 4.21 Å². The summed E-state index contributed by atoms with van der Waals surface area (Å²) in [4.78, 5) is 0. The quantitative estimate of drug-likeness (QED) is 0.332. The number of benzene rings is 2. The second kappa shape index (κ2) is 10.2. The lowest BCUT2D eigenvalue weighted by Crippen LogP contribution is -2.57. The van der Waals surface area contributed by atoms with Crippen LogP contribution in [0.5, 0.6) is 0 Å². The van der Waals surface area contributed by atoms with Crippen molar-refractivity contribution in [2.24, 2.45) is 5.73 Å². The zero-order chi connectivity index (χ0) is 22.4. The Labute approximate surface area is 185 Å². The highest BCUT2D eigenvalue weighted by Gasteiger charge is 2.41. The minimum atomic E-state index is -2.70. The number of hydrogen-bond acceptors (Lipinski definition) is 2. The molecule has 0 saturated heterocycles. The molecule has 2 aromatic rings. The van der Waals surface area contributed by atoms with Gasteiger partial charge in [0.15, 0.2) is 0 Å². The van der Waals surface area contributed by atoms with Gasteiger partial charge >= 0.3 is 0 Å². The van der Waals surface area contributed by atoms with E-state index in [4.69, 9.17) is 5.73 Å². The molecule has 4 heteroatoms. The van der Waals surface area contributed by atoms with Gasteiger partial charge in [0.2, 0.25) is 0 Å². The molecule has 2 unspecified atom stereocenters. The summed E-state index contributed by atoms with van der Waals surface area (Å²) in [6, 6.07) is 20.9. The third-order valence-electron chi connectivity index (χ3n) is 5.91. The molecule has 30 heavy (non-hydrogen) atoms. The molecular formula is C26H42N2OS. The first-order valence-electron chi connectivity index (χ1n) is 11.2. The van der Waals surface area contributed by atoms with E-state index in [0.717, 1.165) is 25.7 Å². The van der Waals surface area contributed by atoms with Crippen LogP contribution in [0.25, 0.3) is 0 Å². The van der Waals surface area contributed by atoms with Crippen molar-refractivity contribution in [3.8, 4) is 0 Å². The summed E-state index contributed by atoms with van der Waals surface area (Å²) >= 11 is 0. The fourth-order valence-electron chi connectivity index (χ4n) is 4.18. The normalized spacial score (nSPS) is 15.6. The molecular weight excluding hydrogens is 388 g/mol. The maximum absolute atomic E-state index is 14.2. The highest BCUT2D eigenvalue weighted by molar-refractivity contribution is 8.03. The SMILES string of the molecule is CC(C)(C)[SH](=O)(NC(CCCCC(N)c1ccccc1)c1ccccc1)C(C)(C)C.